The van der Waals surface area contributed by atoms with Gasteiger partial charge in [0.2, 0.25) is 0 Å². The van der Waals surface area contributed by atoms with Crippen LogP contribution in [0.4, 0.5) is 0 Å². The zero-order valence-corrected chi connectivity index (χ0v) is 8.87. The number of hydrogen-bond acceptors (Lipinski definition) is 5. The molecule has 0 aliphatic heterocycles. The second kappa shape index (κ2) is 4.42. The van der Waals surface area contributed by atoms with Gasteiger partial charge in [-0.15, -0.1) is 0 Å². The van der Waals surface area contributed by atoms with Crippen molar-refractivity contribution in [2.45, 2.75) is 26.7 Å². The SMILES string of the molecule is CCOC(=O)C1(C(=O)OCC)CC(=O)C1. The van der Waals surface area contributed by atoms with Crippen molar-refractivity contribution in [3.63, 3.8) is 0 Å². The third-order valence-corrected chi connectivity index (χ3v) is 2.33. The molecule has 1 aliphatic carbocycles. The van der Waals surface area contributed by atoms with E-state index in [0.717, 1.165) is 0 Å². The Kier molecular flexibility index (Phi) is 3.44. The van der Waals surface area contributed by atoms with Gasteiger partial charge in [-0.1, -0.05) is 0 Å². The molecule has 84 valence electrons. The van der Waals surface area contributed by atoms with Crippen LogP contribution in [0, 0.1) is 5.41 Å². The highest BCUT2D eigenvalue weighted by Gasteiger charge is 2.58. The first-order valence-electron chi connectivity index (χ1n) is 4.93. The molecule has 0 atom stereocenters. The summed E-state index contributed by atoms with van der Waals surface area (Å²) in [4.78, 5) is 34.0. The van der Waals surface area contributed by atoms with Crippen molar-refractivity contribution in [1.82, 2.24) is 0 Å². The van der Waals surface area contributed by atoms with E-state index in [2.05, 4.69) is 0 Å². The van der Waals surface area contributed by atoms with Crippen LogP contribution in [0.1, 0.15) is 26.7 Å². The third kappa shape index (κ3) is 2.00. The van der Waals surface area contributed by atoms with Crippen molar-refractivity contribution in [2.75, 3.05) is 13.2 Å². The molecule has 1 saturated carbocycles. The Morgan fingerprint density at radius 2 is 1.53 bits per heavy atom. The largest absolute Gasteiger partial charge is 0.465 e. The van der Waals surface area contributed by atoms with Crippen molar-refractivity contribution in [1.29, 1.82) is 0 Å². The van der Waals surface area contributed by atoms with Gasteiger partial charge < -0.3 is 9.47 Å². The summed E-state index contributed by atoms with van der Waals surface area (Å²) in [5.74, 6) is -1.41. The summed E-state index contributed by atoms with van der Waals surface area (Å²) >= 11 is 0. The Labute approximate surface area is 87.7 Å². The molecule has 0 aromatic carbocycles. The molecule has 1 fully saturated rings. The van der Waals surface area contributed by atoms with E-state index in [4.69, 9.17) is 9.47 Å². The summed E-state index contributed by atoms with van der Waals surface area (Å²) in [5, 5.41) is 0. The summed E-state index contributed by atoms with van der Waals surface area (Å²) < 4.78 is 9.55. The van der Waals surface area contributed by atoms with E-state index in [1.54, 1.807) is 13.8 Å². The van der Waals surface area contributed by atoms with Gasteiger partial charge in [0.15, 0.2) is 5.41 Å². The molecule has 0 aromatic rings. The lowest BCUT2D eigenvalue weighted by atomic mass is 9.68. The molecule has 0 heterocycles. The summed E-state index contributed by atoms with van der Waals surface area (Å²) in [6.45, 7) is 3.68. The Morgan fingerprint density at radius 1 is 1.13 bits per heavy atom. The fourth-order valence-electron chi connectivity index (χ4n) is 1.53. The molecule has 0 radical (unpaired) electrons. The number of carbonyl (C=O) groups is 3. The second-order valence-electron chi connectivity index (χ2n) is 3.42. The van der Waals surface area contributed by atoms with Crippen LogP contribution in [0.2, 0.25) is 0 Å². The molecule has 15 heavy (non-hydrogen) atoms. The normalized spacial score (nSPS) is 17.9. The van der Waals surface area contributed by atoms with Gasteiger partial charge in [0.05, 0.1) is 13.2 Å². The lowest BCUT2D eigenvalue weighted by molar-refractivity contribution is -0.181. The number of hydrogen-bond donors (Lipinski definition) is 0. The van der Waals surface area contributed by atoms with Crippen molar-refractivity contribution in [3.05, 3.63) is 0 Å². The standard InChI is InChI=1S/C10H14O5/c1-3-14-8(12)10(5-7(11)6-10)9(13)15-4-2/h3-6H2,1-2H3. The maximum atomic E-state index is 11.5. The van der Waals surface area contributed by atoms with E-state index in [1.165, 1.54) is 0 Å². The first kappa shape index (κ1) is 11.7. The highest BCUT2D eigenvalue weighted by molar-refractivity contribution is 6.12. The lowest BCUT2D eigenvalue weighted by Crippen LogP contribution is -2.52. The molecule has 0 bridgehead atoms. The monoisotopic (exact) mass is 214 g/mol. The number of rotatable bonds is 4. The molecule has 5 heteroatoms. The highest BCUT2D eigenvalue weighted by Crippen LogP contribution is 2.40. The smallest absolute Gasteiger partial charge is 0.324 e. The minimum Gasteiger partial charge on any atom is -0.465 e. The van der Waals surface area contributed by atoms with E-state index in [1.807, 2.05) is 0 Å². The van der Waals surface area contributed by atoms with Crippen LogP contribution in [0.15, 0.2) is 0 Å². The zero-order valence-electron chi connectivity index (χ0n) is 8.87. The quantitative estimate of drug-likeness (QED) is 0.502. The van der Waals surface area contributed by atoms with Crippen molar-refractivity contribution in [2.24, 2.45) is 5.41 Å². The fraction of sp³-hybridized carbons (Fsp3) is 0.700. The molecule has 0 saturated heterocycles. The number of carbonyl (C=O) groups excluding carboxylic acids is 3. The molecule has 0 spiro atoms. The summed E-state index contributed by atoms with van der Waals surface area (Å²) in [7, 11) is 0. The first-order chi connectivity index (χ1) is 7.06. The number of esters is 2. The minimum absolute atomic E-state index is 0.0926. The van der Waals surface area contributed by atoms with E-state index in [9.17, 15) is 14.4 Å². The number of ketones is 1. The Morgan fingerprint density at radius 3 is 1.80 bits per heavy atom. The van der Waals surface area contributed by atoms with Gasteiger partial charge in [0, 0.05) is 12.8 Å². The van der Waals surface area contributed by atoms with Crippen LogP contribution in [0.25, 0.3) is 0 Å². The van der Waals surface area contributed by atoms with Gasteiger partial charge in [-0.05, 0) is 13.8 Å². The first-order valence-corrected chi connectivity index (χ1v) is 4.93. The van der Waals surface area contributed by atoms with Gasteiger partial charge in [0.25, 0.3) is 0 Å². The van der Waals surface area contributed by atoms with Crippen molar-refractivity contribution >= 4 is 17.7 Å². The van der Waals surface area contributed by atoms with Gasteiger partial charge in [0.1, 0.15) is 5.78 Å². The van der Waals surface area contributed by atoms with E-state index in [-0.39, 0.29) is 31.8 Å². The topological polar surface area (TPSA) is 69.7 Å². The molecule has 0 unspecified atom stereocenters. The zero-order chi connectivity index (χ0) is 11.5. The molecule has 0 N–H and O–H groups in total. The predicted molar refractivity (Wildman–Crippen MR) is 49.9 cm³/mol. The van der Waals surface area contributed by atoms with E-state index >= 15 is 0 Å². The van der Waals surface area contributed by atoms with Crippen LogP contribution in [-0.2, 0) is 23.9 Å². The van der Waals surface area contributed by atoms with Crippen LogP contribution in [0.3, 0.4) is 0 Å². The molecular formula is C10H14O5. The second-order valence-corrected chi connectivity index (χ2v) is 3.42. The summed E-state index contributed by atoms with van der Waals surface area (Å²) in [6, 6.07) is 0. The maximum absolute atomic E-state index is 11.5. The number of ether oxygens (including phenoxy) is 2. The average molecular weight is 214 g/mol. The Bertz CT molecular complexity index is 266. The molecule has 0 amide bonds. The highest BCUT2D eigenvalue weighted by atomic mass is 16.6. The average Bonchev–Trinajstić information content (AvgIpc) is 2.13. The maximum Gasteiger partial charge on any atom is 0.324 e. The molecule has 1 rings (SSSR count). The molecule has 0 aromatic heterocycles. The van der Waals surface area contributed by atoms with Gasteiger partial charge in [-0.2, -0.15) is 0 Å². The summed E-state index contributed by atoms with van der Waals surface area (Å²) in [5.41, 5.74) is -1.36. The van der Waals surface area contributed by atoms with Crippen LogP contribution in [0.5, 0.6) is 0 Å². The van der Waals surface area contributed by atoms with Crippen molar-refractivity contribution < 1.29 is 23.9 Å². The molecule has 5 nitrogen and oxygen atoms in total. The third-order valence-electron chi connectivity index (χ3n) is 2.33. The van der Waals surface area contributed by atoms with Gasteiger partial charge in [-0.25, -0.2) is 0 Å². The van der Waals surface area contributed by atoms with Gasteiger partial charge >= 0.3 is 11.9 Å². The molecular weight excluding hydrogens is 200 g/mol. The van der Waals surface area contributed by atoms with Crippen molar-refractivity contribution in [3.8, 4) is 0 Å². The van der Waals surface area contributed by atoms with Crippen LogP contribution < -0.4 is 0 Å². The van der Waals surface area contributed by atoms with E-state index in [0.29, 0.717) is 0 Å². The molecule has 1 aliphatic rings. The van der Waals surface area contributed by atoms with Crippen LogP contribution >= 0.6 is 0 Å². The van der Waals surface area contributed by atoms with Gasteiger partial charge in [-0.3, -0.25) is 14.4 Å². The summed E-state index contributed by atoms with van der Waals surface area (Å²) in [6.07, 6.45) is -0.185. The predicted octanol–water partition coefficient (Wildman–Crippen LogP) is 0.462. The lowest BCUT2D eigenvalue weighted by Gasteiger charge is -2.34. The Balaban J connectivity index is 2.76. The minimum atomic E-state index is -1.36. The Hall–Kier alpha value is -1.39. The van der Waals surface area contributed by atoms with Crippen LogP contribution in [-0.4, -0.2) is 30.9 Å². The fourth-order valence-corrected chi connectivity index (χ4v) is 1.53. The number of Topliss-reactive ketones (excluding diaryl/α,β-unsaturated/α-hetero) is 1. The van der Waals surface area contributed by atoms with E-state index < -0.39 is 17.4 Å².